The SMILES string of the molecule is CCOC(=O)/C=C/c1nc(C2CCCCC2)n2c1cnc1c2ccn1S(=O)(=O)c1ccc(C)cc1.Cc1ccc(S(=O)(=O)n2ccc3c2ncc2c(Br)nc(C4CCCCC4)n23)cc1. The van der Waals surface area contributed by atoms with E-state index >= 15 is 0 Å². The highest BCUT2D eigenvalue weighted by atomic mass is 79.9. The first kappa shape index (κ1) is 43.6. The molecule has 2 saturated carbocycles. The van der Waals surface area contributed by atoms with E-state index < -0.39 is 26.0 Å². The zero-order valence-electron chi connectivity index (χ0n) is 35.9. The summed E-state index contributed by atoms with van der Waals surface area (Å²) in [7, 11) is -7.55. The van der Waals surface area contributed by atoms with Crippen molar-refractivity contribution in [3.8, 4) is 0 Å². The highest BCUT2D eigenvalue weighted by Gasteiger charge is 2.28. The van der Waals surface area contributed by atoms with E-state index in [2.05, 4.69) is 30.3 Å². The summed E-state index contributed by atoms with van der Waals surface area (Å²) in [5.74, 6) is 2.07. The molecule has 0 bridgehead atoms. The molecule has 6 aromatic heterocycles. The molecule has 0 spiro atoms. The fourth-order valence-electron chi connectivity index (χ4n) is 9.03. The molecule has 0 saturated heterocycles. The van der Waals surface area contributed by atoms with Crippen LogP contribution in [0.3, 0.4) is 0 Å². The van der Waals surface area contributed by atoms with Crippen LogP contribution in [-0.2, 0) is 29.6 Å². The summed E-state index contributed by atoms with van der Waals surface area (Å²) in [6.45, 7) is 5.91. The maximum absolute atomic E-state index is 13.4. The number of aryl methyl sites for hydroxylation is 2. The molecular formula is C47H49BrN8O6S2. The minimum Gasteiger partial charge on any atom is -0.463 e. The molecule has 2 aliphatic rings. The smallest absolute Gasteiger partial charge is 0.330 e. The van der Waals surface area contributed by atoms with Crippen molar-refractivity contribution in [2.45, 2.75) is 107 Å². The minimum absolute atomic E-state index is 0.207. The molecule has 2 fully saturated rings. The lowest BCUT2D eigenvalue weighted by Gasteiger charge is -2.20. The Hall–Kier alpha value is -5.65. The van der Waals surface area contributed by atoms with Crippen LogP contribution in [0.4, 0.5) is 0 Å². The van der Waals surface area contributed by atoms with Gasteiger partial charge in [0, 0.05) is 30.3 Å². The number of ether oxygens (including phenoxy) is 1. The van der Waals surface area contributed by atoms with Gasteiger partial charge in [0.2, 0.25) is 0 Å². The van der Waals surface area contributed by atoms with E-state index in [9.17, 15) is 21.6 Å². The van der Waals surface area contributed by atoms with Crippen LogP contribution in [0.2, 0.25) is 0 Å². The maximum atomic E-state index is 13.4. The molecule has 64 heavy (non-hydrogen) atoms. The summed E-state index contributed by atoms with van der Waals surface area (Å²) in [4.78, 5) is 31.1. The van der Waals surface area contributed by atoms with Gasteiger partial charge in [-0.2, -0.15) is 0 Å². The predicted octanol–water partition coefficient (Wildman–Crippen LogP) is 9.89. The highest BCUT2D eigenvalue weighted by molar-refractivity contribution is 9.10. The van der Waals surface area contributed by atoms with Gasteiger partial charge in [-0.15, -0.1) is 0 Å². The third kappa shape index (κ3) is 8.06. The Bertz CT molecular complexity index is 3280. The van der Waals surface area contributed by atoms with Crippen molar-refractivity contribution < 1.29 is 26.4 Å². The number of carbonyl (C=O) groups is 1. The molecule has 17 heteroatoms. The van der Waals surface area contributed by atoms with Gasteiger partial charge in [-0.25, -0.2) is 49.5 Å². The Morgan fingerprint density at radius 3 is 1.59 bits per heavy atom. The molecule has 14 nitrogen and oxygen atoms in total. The van der Waals surface area contributed by atoms with Gasteiger partial charge < -0.3 is 4.74 Å². The summed E-state index contributed by atoms with van der Waals surface area (Å²) >= 11 is 3.56. The predicted molar refractivity (Wildman–Crippen MR) is 250 cm³/mol. The number of fused-ring (bicyclic) bond motifs is 6. The fourth-order valence-corrected chi connectivity index (χ4v) is 12.1. The largest absolute Gasteiger partial charge is 0.463 e. The first-order valence-electron chi connectivity index (χ1n) is 21.8. The second-order valence-electron chi connectivity index (χ2n) is 16.6. The molecule has 2 aliphatic carbocycles. The number of aromatic nitrogens is 8. The molecular weight excluding hydrogens is 917 g/mol. The van der Waals surface area contributed by atoms with Gasteiger partial charge in [-0.05, 0) is 105 Å². The van der Waals surface area contributed by atoms with E-state index in [-0.39, 0.29) is 15.7 Å². The molecule has 2 aromatic carbocycles. The van der Waals surface area contributed by atoms with Crippen molar-refractivity contribution in [3.05, 3.63) is 125 Å². The van der Waals surface area contributed by atoms with Gasteiger partial charge in [-0.3, -0.25) is 8.80 Å². The molecule has 0 radical (unpaired) electrons. The number of imidazole rings is 2. The lowest BCUT2D eigenvalue weighted by atomic mass is 9.89. The average Bonchev–Trinajstić information content (AvgIpc) is 4.10. The molecule has 0 unspecified atom stereocenters. The maximum Gasteiger partial charge on any atom is 0.330 e. The number of rotatable bonds is 9. The number of hydrogen-bond donors (Lipinski definition) is 0. The Morgan fingerprint density at radius 2 is 1.11 bits per heavy atom. The second-order valence-corrected chi connectivity index (χ2v) is 21.0. The van der Waals surface area contributed by atoms with E-state index in [1.807, 2.05) is 24.3 Å². The number of nitrogens with zero attached hydrogens (tertiary/aromatic N) is 8. The second kappa shape index (κ2) is 17.7. The van der Waals surface area contributed by atoms with Crippen LogP contribution in [0.25, 0.3) is 39.4 Å². The van der Waals surface area contributed by atoms with Crippen molar-refractivity contribution in [1.82, 2.24) is 36.7 Å². The molecule has 0 amide bonds. The monoisotopic (exact) mass is 964 g/mol. The summed E-state index contributed by atoms with van der Waals surface area (Å²) in [6, 6.07) is 17.3. The standard InChI is InChI=1S/C26H28N4O4S.C21H21BrN4O2S/c1-3-34-24(31)14-13-21-23-17-27-26-22(30(23)25(28-21)19-7-5-4-6-8-19)15-16-29(26)35(32,33)20-11-9-18(2)10-12-20;1-14-7-9-16(10-8-14)29(27,28)25-12-11-17-21(25)23-13-18-19(22)24-20(26(17)18)15-5-3-2-4-6-15/h9-17,19H,3-8H2,1-2H3;7-13,15H,2-6H2,1H3/b14-13+;. The van der Waals surface area contributed by atoms with Crippen molar-refractivity contribution >= 4 is 81.4 Å². The van der Waals surface area contributed by atoms with Crippen molar-refractivity contribution in [2.75, 3.05) is 6.61 Å². The van der Waals surface area contributed by atoms with Crippen molar-refractivity contribution in [3.63, 3.8) is 0 Å². The Labute approximate surface area is 380 Å². The lowest BCUT2D eigenvalue weighted by molar-refractivity contribution is -0.137. The van der Waals surface area contributed by atoms with Crippen LogP contribution < -0.4 is 0 Å². The lowest BCUT2D eigenvalue weighted by Crippen LogP contribution is -2.13. The Morgan fingerprint density at radius 1 is 0.656 bits per heavy atom. The number of benzene rings is 2. The van der Waals surface area contributed by atoms with Gasteiger partial charge in [0.1, 0.15) is 16.3 Å². The summed E-state index contributed by atoms with van der Waals surface area (Å²) in [6.07, 6.45) is 20.9. The first-order valence-corrected chi connectivity index (χ1v) is 25.5. The zero-order valence-corrected chi connectivity index (χ0v) is 39.1. The van der Waals surface area contributed by atoms with Gasteiger partial charge in [0.15, 0.2) is 11.3 Å². The van der Waals surface area contributed by atoms with Gasteiger partial charge in [0.25, 0.3) is 20.0 Å². The minimum atomic E-state index is -3.82. The van der Waals surface area contributed by atoms with Crippen LogP contribution in [0.5, 0.6) is 0 Å². The molecule has 0 atom stereocenters. The molecule has 6 heterocycles. The third-order valence-corrected chi connectivity index (χ3v) is 16.3. The van der Waals surface area contributed by atoms with Gasteiger partial charge >= 0.3 is 5.97 Å². The fraction of sp³-hybridized carbons (Fsp3) is 0.340. The summed E-state index contributed by atoms with van der Waals surface area (Å²) in [5.41, 5.74) is 6.39. The number of carbonyl (C=O) groups excluding carboxylic acids is 1. The van der Waals surface area contributed by atoms with Gasteiger partial charge in [0.05, 0.1) is 56.6 Å². The van der Waals surface area contributed by atoms with E-state index in [1.54, 1.807) is 92.4 Å². The van der Waals surface area contributed by atoms with E-state index in [1.165, 1.54) is 39.7 Å². The Balaban J connectivity index is 0.000000165. The van der Waals surface area contributed by atoms with Crippen LogP contribution in [-0.4, -0.2) is 66.1 Å². The van der Waals surface area contributed by atoms with Crippen molar-refractivity contribution in [1.29, 1.82) is 0 Å². The normalized spacial score (nSPS) is 15.7. The van der Waals surface area contributed by atoms with Crippen molar-refractivity contribution in [2.24, 2.45) is 0 Å². The molecule has 8 aromatic rings. The number of halogens is 1. The van der Waals surface area contributed by atoms with E-state index in [0.717, 1.165) is 82.5 Å². The first-order chi connectivity index (χ1) is 30.9. The summed E-state index contributed by atoms with van der Waals surface area (Å²) < 4.78 is 65.7. The topological polar surface area (TPSA) is 165 Å². The average molecular weight is 966 g/mol. The van der Waals surface area contributed by atoms with Crippen LogP contribution in [0.15, 0.2) is 106 Å². The van der Waals surface area contributed by atoms with Gasteiger partial charge in [-0.1, -0.05) is 73.9 Å². The third-order valence-electron chi connectivity index (χ3n) is 12.3. The number of esters is 1. The number of hydrogen-bond acceptors (Lipinski definition) is 10. The molecule has 0 N–H and O–H groups in total. The van der Waals surface area contributed by atoms with Crippen LogP contribution in [0, 0.1) is 13.8 Å². The van der Waals surface area contributed by atoms with Crippen LogP contribution >= 0.6 is 15.9 Å². The summed E-state index contributed by atoms with van der Waals surface area (Å²) in [5, 5.41) is 0. The molecule has 10 rings (SSSR count). The van der Waals surface area contributed by atoms with E-state index in [0.29, 0.717) is 35.0 Å². The Kier molecular flexibility index (Phi) is 12.1. The van der Waals surface area contributed by atoms with E-state index in [4.69, 9.17) is 14.7 Å². The molecule has 0 aliphatic heterocycles. The highest BCUT2D eigenvalue weighted by Crippen LogP contribution is 2.37. The van der Waals surface area contributed by atoms with Crippen LogP contribution in [0.1, 0.15) is 111 Å². The molecule has 332 valence electrons. The quantitative estimate of drug-likeness (QED) is 0.100. The zero-order chi connectivity index (χ0) is 44.8.